The summed E-state index contributed by atoms with van der Waals surface area (Å²) in [5.74, 6) is 0.930. The molecule has 0 spiro atoms. The van der Waals surface area contributed by atoms with Crippen molar-refractivity contribution in [2.75, 3.05) is 11.9 Å². The molecule has 2 heterocycles. The van der Waals surface area contributed by atoms with E-state index in [1.807, 2.05) is 24.3 Å². The van der Waals surface area contributed by atoms with Crippen LogP contribution < -0.4 is 5.32 Å². The van der Waals surface area contributed by atoms with E-state index in [0.29, 0.717) is 5.02 Å². The molecule has 0 bridgehead atoms. The SMILES string of the molecule is Cc1cccc(-c2nc(C3(C)CNc4ccc(S)cc43)[nH]c2-c2cccc(Cl)c2)c1. The van der Waals surface area contributed by atoms with Gasteiger partial charge in [0.1, 0.15) is 5.82 Å². The topological polar surface area (TPSA) is 40.7 Å². The van der Waals surface area contributed by atoms with Gasteiger partial charge in [-0.05, 0) is 55.8 Å². The van der Waals surface area contributed by atoms with Crippen molar-refractivity contribution >= 4 is 29.9 Å². The molecular weight excluding hydrogens is 410 g/mol. The molecule has 1 aliphatic rings. The fourth-order valence-corrected chi connectivity index (χ4v) is 4.60. The fourth-order valence-electron chi connectivity index (χ4n) is 4.21. The van der Waals surface area contributed by atoms with Crippen LogP contribution in [0.3, 0.4) is 0 Å². The Morgan fingerprint density at radius 3 is 2.60 bits per heavy atom. The molecule has 1 aliphatic heterocycles. The van der Waals surface area contributed by atoms with Gasteiger partial charge in [-0.2, -0.15) is 0 Å². The zero-order valence-electron chi connectivity index (χ0n) is 16.8. The average molecular weight is 432 g/mol. The predicted octanol–water partition coefficient (Wildman–Crippen LogP) is 6.73. The number of imidazole rings is 1. The van der Waals surface area contributed by atoms with Gasteiger partial charge in [-0.1, -0.05) is 47.5 Å². The lowest BCUT2D eigenvalue weighted by Crippen LogP contribution is -2.27. The van der Waals surface area contributed by atoms with E-state index in [1.165, 1.54) is 11.1 Å². The number of aromatic amines is 1. The quantitative estimate of drug-likeness (QED) is 0.315. The van der Waals surface area contributed by atoms with Crippen molar-refractivity contribution in [1.82, 2.24) is 9.97 Å². The maximum atomic E-state index is 6.31. The van der Waals surface area contributed by atoms with Crippen molar-refractivity contribution < 1.29 is 0 Å². The highest BCUT2D eigenvalue weighted by atomic mass is 35.5. The van der Waals surface area contributed by atoms with Gasteiger partial charge in [0.2, 0.25) is 0 Å². The van der Waals surface area contributed by atoms with Crippen molar-refractivity contribution in [3.63, 3.8) is 0 Å². The number of aryl methyl sites for hydroxylation is 1. The minimum atomic E-state index is -0.288. The van der Waals surface area contributed by atoms with Crippen LogP contribution in [0.5, 0.6) is 0 Å². The molecule has 1 aromatic heterocycles. The first-order chi connectivity index (χ1) is 14.4. The van der Waals surface area contributed by atoms with E-state index in [0.717, 1.165) is 45.5 Å². The number of benzene rings is 3. The second-order valence-corrected chi connectivity index (χ2v) is 9.06. The maximum absolute atomic E-state index is 6.31. The Hall–Kier alpha value is -2.69. The molecule has 3 aromatic carbocycles. The van der Waals surface area contributed by atoms with Crippen LogP contribution in [-0.2, 0) is 5.41 Å². The molecule has 0 amide bonds. The van der Waals surface area contributed by atoms with Gasteiger partial charge in [0, 0.05) is 33.3 Å². The van der Waals surface area contributed by atoms with E-state index < -0.39 is 0 Å². The molecule has 30 heavy (non-hydrogen) atoms. The Morgan fingerprint density at radius 2 is 1.80 bits per heavy atom. The molecule has 0 saturated carbocycles. The zero-order chi connectivity index (χ0) is 20.9. The van der Waals surface area contributed by atoms with E-state index in [1.54, 1.807) is 0 Å². The Morgan fingerprint density at radius 1 is 1.00 bits per heavy atom. The first-order valence-corrected chi connectivity index (χ1v) is 10.8. The van der Waals surface area contributed by atoms with Gasteiger partial charge in [-0.3, -0.25) is 0 Å². The number of thiol groups is 1. The number of nitrogens with zero attached hydrogens (tertiary/aromatic N) is 1. The van der Waals surface area contributed by atoms with E-state index in [9.17, 15) is 0 Å². The number of hydrogen-bond acceptors (Lipinski definition) is 3. The molecule has 5 rings (SSSR count). The number of halogens is 1. The number of aromatic nitrogens is 2. The summed E-state index contributed by atoms with van der Waals surface area (Å²) in [7, 11) is 0. The van der Waals surface area contributed by atoms with E-state index >= 15 is 0 Å². The lowest BCUT2D eigenvalue weighted by atomic mass is 9.84. The smallest absolute Gasteiger partial charge is 0.119 e. The molecule has 0 radical (unpaired) electrons. The summed E-state index contributed by atoms with van der Waals surface area (Å²) in [6.07, 6.45) is 0. The van der Waals surface area contributed by atoms with Gasteiger partial charge in [-0.15, -0.1) is 12.6 Å². The highest BCUT2D eigenvalue weighted by Crippen LogP contribution is 2.43. The molecular formula is C25H22ClN3S. The van der Waals surface area contributed by atoms with E-state index in [-0.39, 0.29) is 5.41 Å². The highest BCUT2D eigenvalue weighted by Gasteiger charge is 2.39. The monoisotopic (exact) mass is 431 g/mol. The normalized spacial score (nSPS) is 17.6. The molecule has 3 nitrogen and oxygen atoms in total. The highest BCUT2D eigenvalue weighted by molar-refractivity contribution is 7.80. The van der Waals surface area contributed by atoms with Crippen LogP contribution in [0.25, 0.3) is 22.5 Å². The van der Waals surface area contributed by atoms with Crippen LogP contribution in [0.2, 0.25) is 5.02 Å². The Balaban J connectivity index is 1.72. The average Bonchev–Trinajstić information content (AvgIpc) is 3.31. The molecule has 1 atom stereocenters. The van der Waals surface area contributed by atoms with Crippen LogP contribution in [-0.4, -0.2) is 16.5 Å². The third-order valence-electron chi connectivity index (χ3n) is 5.86. The number of nitrogens with one attached hydrogen (secondary N) is 2. The lowest BCUT2D eigenvalue weighted by Gasteiger charge is -2.21. The van der Waals surface area contributed by atoms with Crippen molar-refractivity contribution in [1.29, 1.82) is 0 Å². The fraction of sp³-hybridized carbons (Fsp3) is 0.160. The summed E-state index contributed by atoms with van der Waals surface area (Å²) in [5, 5.41) is 4.23. The maximum Gasteiger partial charge on any atom is 0.119 e. The van der Waals surface area contributed by atoms with Crippen LogP contribution in [0, 0.1) is 6.92 Å². The minimum Gasteiger partial charge on any atom is -0.383 e. The minimum absolute atomic E-state index is 0.288. The third kappa shape index (κ3) is 3.21. The summed E-state index contributed by atoms with van der Waals surface area (Å²) in [6.45, 7) is 5.10. The first kappa shape index (κ1) is 19.3. The Bertz CT molecular complexity index is 1200. The number of anilines is 1. The molecule has 0 aliphatic carbocycles. The van der Waals surface area contributed by atoms with Crippen molar-refractivity contribution in [3.05, 3.63) is 88.7 Å². The Kier molecular flexibility index (Phi) is 4.64. The van der Waals surface area contributed by atoms with Gasteiger partial charge < -0.3 is 10.3 Å². The third-order valence-corrected chi connectivity index (χ3v) is 6.37. The molecule has 2 N–H and O–H groups in total. The standard InChI is InChI=1S/C25H22ClN3S/c1-15-5-3-6-16(11-15)22-23(17-7-4-8-18(26)12-17)29-24(28-22)25(2)14-27-21-10-9-19(30)13-20(21)25/h3-13,27,30H,14H2,1-2H3,(H,28,29). The van der Waals surface area contributed by atoms with Crippen molar-refractivity contribution in [2.45, 2.75) is 24.2 Å². The van der Waals surface area contributed by atoms with Crippen LogP contribution in [0.15, 0.2) is 71.6 Å². The number of hydrogen-bond donors (Lipinski definition) is 3. The largest absolute Gasteiger partial charge is 0.383 e. The molecule has 150 valence electrons. The molecule has 5 heteroatoms. The van der Waals surface area contributed by atoms with Crippen molar-refractivity contribution in [3.8, 4) is 22.5 Å². The summed E-state index contributed by atoms with van der Waals surface area (Å²) < 4.78 is 0. The number of rotatable bonds is 3. The number of H-pyrrole nitrogens is 1. The van der Waals surface area contributed by atoms with Crippen LogP contribution in [0.4, 0.5) is 5.69 Å². The van der Waals surface area contributed by atoms with Gasteiger partial charge in [0.15, 0.2) is 0 Å². The molecule has 4 aromatic rings. The Labute approximate surface area is 186 Å². The van der Waals surface area contributed by atoms with E-state index in [2.05, 4.69) is 79.2 Å². The van der Waals surface area contributed by atoms with Crippen molar-refractivity contribution in [2.24, 2.45) is 0 Å². The lowest BCUT2D eigenvalue weighted by molar-refractivity contribution is 0.594. The molecule has 0 saturated heterocycles. The summed E-state index contributed by atoms with van der Waals surface area (Å²) in [4.78, 5) is 9.75. The van der Waals surface area contributed by atoms with Crippen LogP contribution >= 0.6 is 24.2 Å². The van der Waals surface area contributed by atoms with Gasteiger partial charge >= 0.3 is 0 Å². The van der Waals surface area contributed by atoms with Crippen LogP contribution in [0.1, 0.15) is 23.9 Å². The second-order valence-electron chi connectivity index (χ2n) is 8.10. The predicted molar refractivity (Wildman–Crippen MR) is 128 cm³/mol. The summed E-state index contributed by atoms with van der Waals surface area (Å²) in [5.41, 5.74) is 7.28. The number of fused-ring (bicyclic) bond motifs is 1. The second kappa shape index (κ2) is 7.22. The first-order valence-electron chi connectivity index (χ1n) is 9.95. The molecule has 1 unspecified atom stereocenters. The zero-order valence-corrected chi connectivity index (χ0v) is 18.5. The van der Waals surface area contributed by atoms with E-state index in [4.69, 9.17) is 16.6 Å². The van der Waals surface area contributed by atoms with Gasteiger partial charge in [0.25, 0.3) is 0 Å². The summed E-state index contributed by atoms with van der Waals surface area (Å²) in [6, 6.07) is 22.6. The van der Waals surface area contributed by atoms with Gasteiger partial charge in [-0.25, -0.2) is 4.98 Å². The summed E-state index contributed by atoms with van der Waals surface area (Å²) >= 11 is 10.9. The van der Waals surface area contributed by atoms with Gasteiger partial charge in [0.05, 0.1) is 16.8 Å². The molecule has 0 fully saturated rings.